The zero-order chi connectivity index (χ0) is 22.4. The fraction of sp³-hybridized carbons (Fsp3) is 0.364. The second-order valence-electron chi connectivity index (χ2n) is 7.50. The van der Waals surface area contributed by atoms with Crippen molar-refractivity contribution in [3.63, 3.8) is 0 Å². The third-order valence-corrected chi connectivity index (χ3v) is 5.48. The van der Waals surface area contributed by atoms with Gasteiger partial charge in [-0.3, -0.25) is 19.7 Å². The lowest BCUT2D eigenvalue weighted by Crippen LogP contribution is -2.36. The largest absolute Gasteiger partial charge is 0.481 e. The summed E-state index contributed by atoms with van der Waals surface area (Å²) in [5.41, 5.74) is 0.654. The molecule has 1 saturated carbocycles. The molecule has 2 N–H and O–H groups in total. The first-order valence-electron chi connectivity index (χ1n) is 10.2. The Labute approximate surface area is 185 Å². The maximum atomic E-state index is 12.6. The van der Waals surface area contributed by atoms with Crippen molar-refractivity contribution in [1.82, 2.24) is 5.32 Å². The van der Waals surface area contributed by atoms with Crippen molar-refractivity contribution >= 4 is 34.8 Å². The molecule has 0 radical (unpaired) electrons. The highest BCUT2D eigenvalue weighted by atomic mass is 35.5. The van der Waals surface area contributed by atoms with Crippen LogP contribution in [-0.2, 0) is 4.79 Å². The number of hydrogen-bond donors (Lipinski definition) is 2. The van der Waals surface area contributed by atoms with E-state index in [1.807, 2.05) is 0 Å². The number of benzene rings is 2. The van der Waals surface area contributed by atoms with Gasteiger partial charge in [0.2, 0.25) is 0 Å². The van der Waals surface area contributed by atoms with Crippen LogP contribution in [0.15, 0.2) is 42.5 Å². The number of nitro groups is 1. The van der Waals surface area contributed by atoms with Crippen LogP contribution in [0.5, 0.6) is 5.75 Å². The molecule has 8 nitrogen and oxygen atoms in total. The average molecular weight is 446 g/mol. The van der Waals surface area contributed by atoms with E-state index in [1.54, 1.807) is 19.1 Å². The van der Waals surface area contributed by atoms with Crippen LogP contribution in [0.1, 0.15) is 49.4 Å². The van der Waals surface area contributed by atoms with Gasteiger partial charge in [-0.1, -0.05) is 30.9 Å². The van der Waals surface area contributed by atoms with Gasteiger partial charge in [-0.25, -0.2) is 0 Å². The summed E-state index contributed by atoms with van der Waals surface area (Å²) in [6.45, 7) is 1.56. The number of non-ortho nitro benzene ring substituents is 1. The Balaban J connectivity index is 1.61. The number of anilines is 1. The number of amides is 2. The minimum atomic E-state index is -0.864. The third kappa shape index (κ3) is 6.18. The normalized spacial score (nSPS) is 15.0. The van der Waals surface area contributed by atoms with Gasteiger partial charge in [-0.2, -0.15) is 0 Å². The van der Waals surface area contributed by atoms with Gasteiger partial charge in [0.1, 0.15) is 5.75 Å². The molecule has 0 aromatic heterocycles. The maximum absolute atomic E-state index is 12.6. The molecule has 0 heterocycles. The number of carbonyl (C=O) groups excluding carboxylic acids is 2. The maximum Gasteiger partial charge on any atom is 0.269 e. The van der Waals surface area contributed by atoms with Crippen molar-refractivity contribution in [3.8, 4) is 5.75 Å². The van der Waals surface area contributed by atoms with E-state index in [-0.39, 0.29) is 17.6 Å². The molecule has 1 aliphatic rings. The molecule has 31 heavy (non-hydrogen) atoms. The molecule has 0 bridgehead atoms. The number of carbonyl (C=O) groups is 2. The topological polar surface area (TPSA) is 111 Å². The zero-order valence-electron chi connectivity index (χ0n) is 17.1. The quantitative estimate of drug-likeness (QED) is 0.473. The van der Waals surface area contributed by atoms with Gasteiger partial charge in [0.25, 0.3) is 17.5 Å². The molecular weight excluding hydrogens is 422 g/mol. The first-order valence-corrected chi connectivity index (χ1v) is 10.5. The SMILES string of the molecule is CC(Oc1ccc([N+](=O)[O-])cc1)C(=O)Nc1ccc(Cl)c(C(=O)NC2CCCCC2)c1. The molecule has 2 amide bonds. The zero-order valence-corrected chi connectivity index (χ0v) is 17.9. The summed E-state index contributed by atoms with van der Waals surface area (Å²) >= 11 is 6.20. The van der Waals surface area contributed by atoms with E-state index < -0.39 is 16.9 Å². The molecule has 164 valence electrons. The van der Waals surface area contributed by atoms with Gasteiger partial charge in [0.15, 0.2) is 6.10 Å². The number of hydrogen-bond acceptors (Lipinski definition) is 5. The summed E-state index contributed by atoms with van der Waals surface area (Å²) in [4.78, 5) is 35.3. The first-order chi connectivity index (χ1) is 14.8. The van der Waals surface area contributed by atoms with Crippen LogP contribution < -0.4 is 15.4 Å². The van der Waals surface area contributed by atoms with Crippen LogP contribution in [0.2, 0.25) is 5.02 Å². The third-order valence-electron chi connectivity index (χ3n) is 5.15. The molecule has 1 atom stereocenters. The van der Waals surface area contributed by atoms with Gasteiger partial charge < -0.3 is 15.4 Å². The van der Waals surface area contributed by atoms with Crippen molar-refractivity contribution < 1.29 is 19.2 Å². The monoisotopic (exact) mass is 445 g/mol. The summed E-state index contributed by atoms with van der Waals surface area (Å²) < 4.78 is 5.55. The number of nitrogens with one attached hydrogen (secondary N) is 2. The standard InChI is InChI=1S/C22H24ClN3O5/c1-14(31-18-10-8-17(9-11-18)26(29)30)21(27)25-16-7-12-20(23)19(13-16)22(28)24-15-5-3-2-4-6-15/h7-15H,2-6H2,1H3,(H,24,28)(H,25,27). The number of nitro benzene ring substituents is 1. The lowest BCUT2D eigenvalue weighted by atomic mass is 9.95. The molecule has 1 unspecified atom stereocenters. The smallest absolute Gasteiger partial charge is 0.269 e. The lowest BCUT2D eigenvalue weighted by Gasteiger charge is -2.23. The molecule has 0 aliphatic heterocycles. The lowest BCUT2D eigenvalue weighted by molar-refractivity contribution is -0.384. The summed E-state index contributed by atoms with van der Waals surface area (Å²) in [7, 11) is 0. The van der Waals surface area contributed by atoms with E-state index in [0.717, 1.165) is 25.7 Å². The molecular formula is C22H24ClN3O5. The van der Waals surface area contributed by atoms with Crippen molar-refractivity contribution in [2.24, 2.45) is 0 Å². The summed E-state index contributed by atoms with van der Waals surface area (Å²) in [6, 6.07) is 10.3. The first kappa shape index (κ1) is 22.6. The Kier molecular flexibility index (Phi) is 7.46. The van der Waals surface area contributed by atoms with E-state index in [9.17, 15) is 19.7 Å². The molecule has 2 aromatic carbocycles. The van der Waals surface area contributed by atoms with Crippen molar-refractivity contribution in [2.75, 3.05) is 5.32 Å². The van der Waals surface area contributed by atoms with Crippen molar-refractivity contribution in [3.05, 3.63) is 63.2 Å². The van der Waals surface area contributed by atoms with Crippen molar-refractivity contribution in [1.29, 1.82) is 0 Å². The fourth-order valence-electron chi connectivity index (χ4n) is 3.44. The van der Waals surface area contributed by atoms with E-state index in [2.05, 4.69) is 10.6 Å². The summed E-state index contributed by atoms with van der Waals surface area (Å²) in [6.07, 6.45) is 4.43. The summed E-state index contributed by atoms with van der Waals surface area (Å²) in [5.74, 6) is -0.362. The predicted molar refractivity (Wildman–Crippen MR) is 118 cm³/mol. The van der Waals surface area contributed by atoms with E-state index >= 15 is 0 Å². The Morgan fingerprint density at radius 3 is 2.45 bits per heavy atom. The van der Waals surface area contributed by atoms with E-state index in [0.29, 0.717) is 22.0 Å². The predicted octanol–water partition coefficient (Wildman–Crippen LogP) is 4.72. The molecule has 0 spiro atoms. The van der Waals surface area contributed by atoms with Crippen molar-refractivity contribution in [2.45, 2.75) is 51.2 Å². The second-order valence-corrected chi connectivity index (χ2v) is 7.91. The number of nitrogens with zero attached hydrogens (tertiary/aromatic N) is 1. The number of rotatable bonds is 7. The average Bonchev–Trinajstić information content (AvgIpc) is 2.76. The van der Waals surface area contributed by atoms with Crippen LogP contribution in [-0.4, -0.2) is 28.9 Å². The van der Waals surface area contributed by atoms with Crippen LogP contribution in [0.25, 0.3) is 0 Å². The highest BCUT2D eigenvalue weighted by Gasteiger charge is 2.20. The molecule has 9 heteroatoms. The molecule has 0 saturated heterocycles. The molecule has 1 aliphatic carbocycles. The summed E-state index contributed by atoms with van der Waals surface area (Å²) in [5, 5.41) is 16.7. The Bertz CT molecular complexity index is 958. The van der Waals surface area contributed by atoms with Gasteiger partial charge >= 0.3 is 0 Å². The van der Waals surface area contributed by atoms with Gasteiger partial charge in [-0.05, 0) is 50.1 Å². The number of halogens is 1. The Morgan fingerprint density at radius 1 is 1.13 bits per heavy atom. The number of ether oxygens (including phenoxy) is 1. The Morgan fingerprint density at radius 2 is 1.81 bits per heavy atom. The van der Waals surface area contributed by atoms with E-state index in [4.69, 9.17) is 16.3 Å². The second kappa shape index (κ2) is 10.3. The minimum Gasteiger partial charge on any atom is -0.481 e. The molecule has 3 rings (SSSR count). The van der Waals surface area contributed by atoms with Crippen LogP contribution >= 0.6 is 11.6 Å². The molecule has 1 fully saturated rings. The fourth-order valence-corrected chi connectivity index (χ4v) is 3.64. The van der Waals surface area contributed by atoms with Gasteiger partial charge in [-0.15, -0.1) is 0 Å². The van der Waals surface area contributed by atoms with E-state index in [1.165, 1.54) is 36.8 Å². The minimum absolute atomic E-state index is 0.0651. The van der Waals surface area contributed by atoms with Gasteiger partial charge in [0.05, 0.1) is 15.5 Å². The van der Waals surface area contributed by atoms with Crippen LogP contribution in [0.3, 0.4) is 0 Å². The highest BCUT2D eigenvalue weighted by molar-refractivity contribution is 6.34. The van der Waals surface area contributed by atoms with Gasteiger partial charge in [0, 0.05) is 23.9 Å². The molecule has 2 aromatic rings. The Hall–Kier alpha value is -3.13. The highest BCUT2D eigenvalue weighted by Crippen LogP contribution is 2.23. The van der Waals surface area contributed by atoms with Crippen LogP contribution in [0.4, 0.5) is 11.4 Å². The van der Waals surface area contributed by atoms with Crippen LogP contribution in [0, 0.1) is 10.1 Å².